The van der Waals surface area contributed by atoms with Gasteiger partial charge in [0.05, 0.1) is 12.1 Å². The summed E-state index contributed by atoms with van der Waals surface area (Å²) in [6.45, 7) is 10.1. The number of hydrogen-bond donors (Lipinski definition) is 1. The molecule has 0 aliphatic carbocycles. The number of rotatable bonds is 5. The van der Waals surface area contributed by atoms with Crippen LogP contribution >= 0.6 is 0 Å². The number of nitrogens with one attached hydrogen (secondary N) is 1. The summed E-state index contributed by atoms with van der Waals surface area (Å²) < 4.78 is 5.59. The van der Waals surface area contributed by atoms with Gasteiger partial charge < -0.3 is 10.1 Å². The third-order valence-corrected chi connectivity index (χ3v) is 4.70. The molecule has 138 valence electrons. The smallest absolute Gasteiger partial charge is 0.416 e. The van der Waals surface area contributed by atoms with Crippen LogP contribution in [0.15, 0.2) is 42.6 Å². The van der Waals surface area contributed by atoms with Crippen molar-refractivity contribution in [3.8, 4) is 0 Å². The number of anilines is 2. The van der Waals surface area contributed by atoms with Gasteiger partial charge >= 0.3 is 6.09 Å². The zero-order chi connectivity index (χ0) is 18.9. The lowest BCUT2D eigenvalue weighted by atomic mass is 9.89. The first-order valence-electron chi connectivity index (χ1n) is 8.96. The minimum absolute atomic E-state index is 0.0503. The van der Waals surface area contributed by atoms with E-state index in [1.165, 1.54) is 0 Å². The molecule has 6 heteroatoms. The molecule has 1 aromatic heterocycles. The second-order valence-electron chi connectivity index (χ2n) is 7.55. The lowest BCUT2D eigenvalue weighted by molar-refractivity contribution is 0.0592. The minimum Gasteiger partial charge on any atom is -0.441 e. The number of ether oxygens (including phenoxy) is 1. The Hall–Kier alpha value is -2.63. The molecule has 0 saturated carbocycles. The average molecular weight is 354 g/mol. The third-order valence-electron chi connectivity index (χ3n) is 4.70. The van der Waals surface area contributed by atoms with Crippen LogP contribution in [0.4, 0.5) is 16.6 Å². The highest BCUT2D eigenvalue weighted by atomic mass is 16.6. The van der Waals surface area contributed by atoms with Crippen LogP contribution < -0.4 is 10.2 Å². The maximum absolute atomic E-state index is 12.5. The first-order chi connectivity index (χ1) is 12.3. The van der Waals surface area contributed by atoms with Crippen molar-refractivity contribution < 1.29 is 9.53 Å². The molecule has 0 spiro atoms. The van der Waals surface area contributed by atoms with Crippen LogP contribution in [-0.2, 0) is 4.74 Å². The van der Waals surface area contributed by atoms with Crippen LogP contribution in [0.25, 0.3) is 0 Å². The maximum atomic E-state index is 12.5. The van der Waals surface area contributed by atoms with Crippen LogP contribution in [0.5, 0.6) is 0 Å². The molecule has 2 atom stereocenters. The number of amides is 1. The van der Waals surface area contributed by atoms with E-state index in [0.29, 0.717) is 11.8 Å². The maximum Gasteiger partial charge on any atom is 0.416 e. The Labute approximate surface area is 154 Å². The summed E-state index contributed by atoms with van der Waals surface area (Å²) in [4.78, 5) is 23.0. The molecule has 1 fully saturated rings. The molecular weight excluding hydrogens is 328 g/mol. The topological polar surface area (TPSA) is 67.4 Å². The van der Waals surface area contributed by atoms with E-state index in [1.54, 1.807) is 17.2 Å². The highest BCUT2D eigenvalue weighted by Gasteiger charge is 2.50. The molecule has 26 heavy (non-hydrogen) atoms. The Morgan fingerprint density at radius 2 is 1.85 bits per heavy atom. The van der Waals surface area contributed by atoms with Crippen LogP contribution in [-0.4, -0.2) is 27.7 Å². The number of aromatic nitrogens is 2. The standard InChI is InChI=1S/C20H26N4O2/c1-13(2)17-20(4,5)26-19(25)24(17)16-11-12-21-18(23-16)22-14(3)15-9-7-6-8-10-15/h6-14,17H,1-5H3,(H,21,22,23)/t14-,17-/m0/s1. The molecule has 1 N–H and O–H groups in total. The molecule has 1 saturated heterocycles. The van der Waals surface area contributed by atoms with E-state index in [0.717, 1.165) is 5.56 Å². The molecule has 2 aromatic rings. The zero-order valence-corrected chi connectivity index (χ0v) is 15.9. The summed E-state index contributed by atoms with van der Waals surface area (Å²) in [6, 6.07) is 11.8. The highest BCUT2D eigenvalue weighted by Crippen LogP contribution is 2.36. The monoisotopic (exact) mass is 354 g/mol. The molecule has 1 aliphatic heterocycles. The summed E-state index contributed by atoms with van der Waals surface area (Å²) in [6.07, 6.45) is 1.30. The molecule has 1 aromatic carbocycles. The Bertz CT molecular complexity index is 776. The summed E-state index contributed by atoms with van der Waals surface area (Å²) in [5.41, 5.74) is 0.574. The largest absolute Gasteiger partial charge is 0.441 e. The predicted octanol–water partition coefficient (Wildman–Crippen LogP) is 4.41. The van der Waals surface area contributed by atoms with E-state index in [9.17, 15) is 4.79 Å². The normalized spacial score (nSPS) is 20.2. The summed E-state index contributed by atoms with van der Waals surface area (Å²) in [5, 5.41) is 3.30. The molecule has 1 aliphatic rings. The highest BCUT2D eigenvalue weighted by molar-refractivity contribution is 5.90. The minimum atomic E-state index is -0.568. The summed E-state index contributed by atoms with van der Waals surface area (Å²) >= 11 is 0. The molecule has 0 bridgehead atoms. The van der Waals surface area contributed by atoms with Crippen molar-refractivity contribution in [1.29, 1.82) is 0 Å². The number of carbonyl (C=O) groups excluding carboxylic acids is 1. The summed E-state index contributed by atoms with van der Waals surface area (Å²) in [5.74, 6) is 1.27. The fourth-order valence-electron chi connectivity index (χ4n) is 3.67. The lowest BCUT2D eigenvalue weighted by Gasteiger charge is -2.31. The van der Waals surface area contributed by atoms with Gasteiger partial charge in [0, 0.05) is 6.20 Å². The van der Waals surface area contributed by atoms with Crippen LogP contribution in [0, 0.1) is 5.92 Å². The first kappa shape index (κ1) is 18.2. The van der Waals surface area contributed by atoms with E-state index in [4.69, 9.17) is 4.74 Å². The number of hydrogen-bond acceptors (Lipinski definition) is 5. The van der Waals surface area contributed by atoms with Crippen LogP contribution in [0.2, 0.25) is 0 Å². The van der Waals surface area contributed by atoms with E-state index in [-0.39, 0.29) is 24.1 Å². The van der Waals surface area contributed by atoms with Gasteiger partial charge in [-0.2, -0.15) is 4.98 Å². The molecule has 1 amide bonds. The molecule has 0 radical (unpaired) electrons. The van der Waals surface area contributed by atoms with Crippen molar-refractivity contribution in [3.05, 3.63) is 48.2 Å². The summed E-state index contributed by atoms with van der Waals surface area (Å²) in [7, 11) is 0. The van der Waals surface area contributed by atoms with Gasteiger partial charge in [-0.1, -0.05) is 44.2 Å². The number of nitrogens with zero attached hydrogens (tertiary/aromatic N) is 3. The van der Waals surface area contributed by atoms with Crippen LogP contribution in [0.3, 0.4) is 0 Å². The Morgan fingerprint density at radius 3 is 2.50 bits per heavy atom. The fraction of sp³-hybridized carbons (Fsp3) is 0.450. The van der Waals surface area contributed by atoms with Gasteiger partial charge in [-0.15, -0.1) is 0 Å². The number of carbonyl (C=O) groups is 1. The van der Waals surface area contributed by atoms with Gasteiger partial charge in [-0.25, -0.2) is 9.78 Å². The Balaban J connectivity index is 1.86. The van der Waals surface area contributed by atoms with Gasteiger partial charge in [0.25, 0.3) is 0 Å². The van der Waals surface area contributed by atoms with Gasteiger partial charge in [-0.05, 0) is 38.3 Å². The average Bonchev–Trinajstić information content (AvgIpc) is 2.84. The van der Waals surface area contributed by atoms with Gasteiger partial charge in [0.2, 0.25) is 5.95 Å². The van der Waals surface area contributed by atoms with Crippen LogP contribution in [0.1, 0.15) is 46.2 Å². The van der Waals surface area contributed by atoms with E-state index in [2.05, 4.69) is 48.2 Å². The zero-order valence-electron chi connectivity index (χ0n) is 15.9. The van der Waals surface area contributed by atoms with E-state index >= 15 is 0 Å². The quantitative estimate of drug-likeness (QED) is 0.861. The SMILES string of the molecule is CC(C)[C@@H]1N(c2ccnc(N[C@@H](C)c3ccccc3)n2)C(=O)OC1(C)C. The van der Waals surface area contributed by atoms with Gasteiger partial charge in [-0.3, -0.25) is 4.90 Å². The van der Waals surface area contributed by atoms with Gasteiger partial charge in [0.15, 0.2) is 0 Å². The number of benzene rings is 1. The molecule has 3 rings (SSSR count). The van der Waals surface area contributed by atoms with Crippen molar-refractivity contribution >= 4 is 17.9 Å². The second-order valence-corrected chi connectivity index (χ2v) is 7.55. The fourth-order valence-corrected chi connectivity index (χ4v) is 3.67. The molecule has 6 nitrogen and oxygen atoms in total. The molecule has 0 unspecified atom stereocenters. The van der Waals surface area contributed by atoms with E-state index < -0.39 is 5.60 Å². The lowest BCUT2D eigenvalue weighted by Crippen LogP contribution is -2.45. The van der Waals surface area contributed by atoms with Crippen molar-refractivity contribution in [2.45, 2.75) is 52.3 Å². The Morgan fingerprint density at radius 1 is 1.15 bits per heavy atom. The van der Waals surface area contributed by atoms with Gasteiger partial charge in [0.1, 0.15) is 11.4 Å². The first-order valence-corrected chi connectivity index (χ1v) is 8.96. The van der Waals surface area contributed by atoms with E-state index in [1.807, 2.05) is 32.0 Å². The van der Waals surface area contributed by atoms with Crippen molar-refractivity contribution in [2.24, 2.45) is 5.92 Å². The van der Waals surface area contributed by atoms with Crippen molar-refractivity contribution in [3.63, 3.8) is 0 Å². The predicted molar refractivity (Wildman–Crippen MR) is 102 cm³/mol. The number of cyclic esters (lactones) is 1. The molecule has 2 heterocycles. The third kappa shape index (κ3) is 3.49. The Kier molecular flexibility index (Phi) is 4.85. The second kappa shape index (κ2) is 6.94. The van der Waals surface area contributed by atoms with Crippen molar-refractivity contribution in [1.82, 2.24) is 9.97 Å². The van der Waals surface area contributed by atoms with Crippen molar-refractivity contribution in [2.75, 3.05) is 10.2 Å². The molecular formula is C20H26N4O2.